The van der Waals surface area contributed by atoms with Gasteiger partial charge in [-0.2, -0.15) is 0 Å². The van der Waals surface area contributed by atoms with Gasteiger partial charge in [-0.05, 0) is 43.3 Å². The fourth-order valence-electron chi connectivity index (χ4n) is 2.86. The maximum atomic E-state index is 13.1. The van der Waals surface area contributed by atoms with Crippen molar-refractivity contribution in [1.82, 2.24) is 4.98 Å². The van der Waals surface area contributed by atoms with Crippen LogP contribution in [-0.4, -0.2) is 13.4 Å². The molecule has 4 aromatic rings. The molecule has 0 aliphatic heterocycles. The highest BCUT2D eigenvalue weighted by atomic mass is 32.2. The fraction of sp³-hybridized carbons (Fsp3) is 0.0476. The van der Waals surface area contributed by atoms with Crippen molar-refractivity contribution in [2.45, 2.75) is 16.7 Å². The predicted molar refractivity (Wildman–Crippen MR) is 102 cm³/mol. The van der Waals surface area contributed by atoms with E-state index in [4.69, 9.17) is 4.42 Å². The number of nitrogens with zero attached hydrogens (tertiary/aromatic N) is 1. The number of sulfone groups is 1. The smallest absolute Gasteiger partial charge is 0.347 e. The van der Waals surface area contributed by atoms with E-state index >= 15 is 0 Å². The Kier molecular flexibility index (Phi) is 4.12. The highest BCUT2D eigenvalue weighted by molar-refractivity contribution is 7.91. The molecule has 0 saturated carbocycles. The summed E-state index contributed by atoms with van der Waals surface area (Å²) < 4.78 is 31.6. The minimum absolute atomic E-state index is 0.0232. The number of benzene rings is 3. The number of aromatic nitrogens is 1. The van der Waals surface area contributed by atoms with Crippen LogP contribution in [0.2, 0.25) is 0 Å². The van der Waals surface area contributed by atoms with Gasteiger partial charge in [-0.1, -0.05) is 42.0 Å². The molecule has 0 amide bonds. The number of aryl methyl sites for hydroxylation is 1. The van der Waals surface area contributed by atoms with Gasteiger partial charge in [0.2, 0.25) is 15.7 Å². The number of rotatable bonds is 3. The van der Waals surface area contributed by atoms with E-state index in [0.717, 1.165) is 5.56 Å². The lowest BCUT2D eigenvalue weighted by Crippen LogP contribution is -2.07. The maximum absolute atomic E-state index is 13.1. The van der Waals surface area contributed by atoms with E-state index in [1.807, 2.05) is 6.92 Å². The lowest BCUT2D eigenvalue weighted by molar-refractivity contribution is 0.516. The number of hydrogen-bond acceptors (Lipinski definition) is 5. The van der Waals surface area contributed by atoms with Crippen LogP contribution >= 0.6 is 0 Å². The molecule has 1 aromatic heterocycles. The summed E-state index contributed by atoms with van der Waals surface area (Å²) in [7, 11) is -3.80. The fourth-order valence-corrected chi connectivity index (χ4v) is 4.31. The van der Waals surface area contributed by atoms with Crippen LogP contribution in [0.5, 0.6) is 0 Å². The van der Waals surface area contributed by atoms with Gasteiger partial charge in [-0.3, -0.25) is 0 Å². The van der Waals surface area contributed by atoms with E-state index in [1.165, 1.54) is 6.07 Å². The zero-order valence-corrected chi connectivity index (χ0v) is 15.2. The molecule has 3 aromatic carbocycles. The first kappa shape index (κ1) is 17.2. The van der Waals surface area contributed by atoms with E-state index in [9.17, 15) is 13.2 Å². The Balaban J connectivity index is 1.95. The zero-order valence-electron chi connectivity index (χ0n) is 14.4. The van der Waals surface area contributed by atoms with E-state index < -0.39 is 15.5 Å². The Morgan fingerprint density at radius 3 is 2.30 bits per heavy atom. The Labute approximate surface area is 155 Å². The van der Waals surface area contributed by atoms with Crippen molar-refractivity contribution in [2.24, 2.45) is 0 Å². The van der Waals surface area contributed by atoms with Crippen LogP contribution in [0.25, 0.3) is 22.4 Å². The van der Waals surface area contributed by atoms with Crippen LogP contribution in [0.1, 0.15) is 5.56 Å². The largest absolute Gasteiger partial charge is 0.403 e. The molecule has 0 spiro atoms. The molecule has 27 heavy (non-hydrogen) atoms. The zero-order chi connectivity index (χ0) is 19.0. The molecule has 0 aliphatic carbocycles. The number of hydrogen-bond donors (Lipinski definition) is 0. The van der Waals surface area contributed by atoms with Gasteiger partial charge in [0.25, 0.3) is 0 Å². The molecule has 0 fully saturated rings. The molecule has 6 heteroatoms. The van der Waals surface area contributed by atoms with Crippen LogP contribution in [0.4, 0.5) is 0 Å². The highest BCUT2D eigenvalue weighted by Gasteiger charge is 2.23. The first-order valence-electron chi connectivity index (χ1n) is 8.28. The molecule has 0 N–H and O–H groups in total. The Bertz CT molecular complexity index is 1310. The third kappa shape index (κ3) is 3.04. The summed E-state index contributed by atoms with van der Waals surface area (Å²) >= 11 is 0. The topological polar surface area (TPSA) is 77.2 Å². The molecule has 4 rings (SSSR count). The summed E-state index contributed by atoms with van der Waals surface area (Å²) in [6.45, 7) is 1.89. The Morgan fingerprint density at radius 1 is 0.852 bits per heavy atom. The predicted octanol–water partition coefficient (Wildman–Crippen LogP) is 4.00. The molecule has 0 bridgehead atoms. The van der Waals surface area contributed by atoms with Crippen LogP contribution in [-0.2, 0) is 9.84 Å². The van der Waals surface area contributed by atoms with Crippen molar-refractivity contribution < 1.29 is 12.8 Å². The molecule has 134 valence electrons. The second-order valence-corrected chi connectivity index (χ2v) is 8.05. The van der Waals surface area contributed by atoms with E-state index in [-0.39, 0.29) is 21.2 Å². The third-order valence-corrected chi connectivity index (χ3v) is 6.10. The van der Waals surface area contributed by atoms with Gasteiger partial charge in [0.05, 0.1) is 26.3 Å². The van der Waals surface area contributed by atoms with Crippen LogP contribution in [0.3, 0.4) is 0 Å². The summed E-state index contributed by atoms with van der Waals surface area (Å²) in [5.41, 5.74) is 1.11. The molecular weight excluding hydrogens is 362 g/mol. The number of fused-ring (bicyclic) bond motifs is 1. The van der Waals surface area contributed by atoms with Crippen molar-refractivity contribution in [3.05, 3.63) is 88.8 Å². The molecule has 0 unspecified atom stereocenters. The van der Waals surface area contributed by atoms with Crippen molar-refractivity contribution >= 4 is 20.7 Å². The summed E-state index contributed by atoms with van der Waals surface area (Å²) in [5, 5.41) is 0.347. The van der Waals surface area contributed by atoms with Crippen LogP contribution in [0, 0.1) is 6.92 Å². The minimum Gasteiger partial charge on any atom is -0.403 e. The average Bonchev–Trinajstić information content (AvgIpc) is 2.68. The molecule has 0 radical (unpaired) electrons. The monoisotopic (exact) mass is 377 g/mol. The van der Waals surface area contributed by atoms with E-state index in [2.05, 4.69) is 4.98 Å². The van der Waals surface area contributed by atoms with Gasteiger partial charge in [0.1, 0.15) is 0 Å². The summed E-state index contributed by atoms with van der Waals surface area (Å²) in [6, 6.07) is 19.8. The van der Waals surface area contributed by atoms with Gasteiger partial charge in [-0.25, -0.2) is 18.2 Å². The standard InChI is InChI=1S/C21H15NO4S/c1-14-10-12-15(13-11-14)27(24,25)19-9-5-3-7-17(19)20-22-18-8-4-2-6-16(18)21(23)26-20/h2-13H,1H3. The van der Waals surface area contributed by atoms with E-state index in [1.54, 1.807) is 66.7 Å². The summed E-state index contributed by atoms with van der Waals surface area (Å²) in [6.07, 6.45) is 0. The summed E-state index contributed by atoms with van der Waals surface area (Å²) in [5.74, 6) is -0.0232. The van der Waals surface area contributed by atoms with Gasteiger partial charge < -0.3 is 4.42 Å². The quantitative estimate of drug-likeness (QED) is 0.539. The molecule has 0 saturated heterocycles. The van der Waals surface area contributed by atoms with E-state index in [0.29, 0.717) is 10.9 Å². The molecule has 1 heterocycles. The first-order chi connectivity index (χ1) is 13.0. The minimum atomic E-state index is -3.80. The molecule has 5 nitrogen and oxygen atoms in total. The van der Waals surface area contributed by atoms with Crippen molar-refractivity contribution in [1.29, 1.82) is 0 Å². The summed E-state index contributed by atoms with van der Waals surface area (Å²) in [4.78, 5) is 16.9. The second kappa shape index (κ2) is 6.48. The maximum Gasteiger partial charge on any atom is 0.347 e. The highest BCUT2D eigenvalue weighted by Crippen LogP contribution is 2.30. The van der Waals surface area contributed by atoms with Gasteiger partial charge in [0.15, 0.2) is 0 Å². The molecular formula is C21H15NO4S. The first-order valence-corrected chi connectivity index (χ1v) is 9.76. The Hall–Kier alpha value is -3.25. The van der Waals surface area contributed by atoms with Gasteiger partial charge in [-0.15, -0.1) is 0 Å². The SMILES string of the molecule is Cc1ccc(S(=O)(=O)c2ccccc2-c2nc3ccccc3c(=O)o2)cc1. The van der Waals surface area contributed by atoms with Gasteiger partial charge >= 0.3 is 5.63 Å². The van der Waals surface area contributed by atoms with Crippen LogP contribution < -0.4 is 5.63 Å². The van der Waals surface area contributed by atoms with Crippen LogP contribution in [0.15, 0.2) is 91.8 Å². The second-order valence-electron chi connectivity index (χ2n) is 6.14. The normalized spacial score (nSPS) is 11.6. The average molecular weight is 377 g/mol. The number of para-hydroxylation sites is 1. The van der Waals surface area contributed by atoms with Crippen molar-refractivity contribution in [2.75, 3.05) is 0 Å². The lowest BCUT2D eigenvalue weighted by Gasteiger charge is -2.10. The van der Waals surface area contributed by atoms with Crippen molar-refractivity contribution in [3.63, 3.8) is 0 Å². The molecule has 0 aliphatic rings. The Morgan fingerprint density at radius 2 is 1.52 bits per heavy atom. The van der Waals surface area contributed by atoms with Crippen molar-refractivity contribution in [3.8, 4) is 11.5 Å². The lowest BCUT2D eigenvalue weighted by atomic mass is 10.2. The van der Waals surface area contributed by atoms with Gasteiger partial charge in [0, 0.05) is 0 Å². The third-order valence-electron chi connectivity index (χ3n) is 4.27. The molecule has 0 atom stereocenters.